The fourth-order valence-electron chi connectivity index (χ4n) is 2.66. The molecular weight excluding hydrogens is 238 g/mol. The van der Waals surface area contributed by atoms with Crippen molar-refractivity contribution in [2.24, 2.45) is 0 Å². The topological polar surface area (TPSA) is 36.4 Å². The lowest BCUT2D eigenvalue weighted by molar-refractivity contribution is 0.157. The number of hydrogen-bond acceptors (Lipinski definition) is 2. The highest BCUT2D eigenvalue weighted by molar-refractivity contribution is 5.74. The van der Waals surface area contributed by atoms with Crippen LogP contribution in [0.2, 0.25) is 0 Å². The number of aromatic nitrogens is 1. The van der Waals surface area contributed by atoms with Crippen LogP contribution >= 0.6 is 0 Å². The fraction of sp³-hybridized carbons (Fsp3) is 0.600. The van der Waals surface area contributed by atoms with E-state index in [0.717, 1.165) is 25.8 Å². The number of urea groups is 1. The van der Waals surface area contributed by atoms with Gasteiger partial charge in [0.1, 0.15) is 0 Å². The molecule has 1 heterocycles. The molecule has 0 bridgehead atoms. The minimum Gasteiger partial charge on any atom is -0.327 e. The number of rotatable bonds is 4. The number of likely N-dealkylation sites (N-methyl/N-ethyl adjacent to an activating group) is 1. The van der Waals surface area contributed by atoms with E-state index in [4.69, 9.17) is 0 Å². The van der Waals surface area contributed by atoms with Gasteiger partial charge in [0, 0.05) is 39.1 Å². The van der Waals surface area contributed by atoms with Crippen molar-refractivity contribution in [1.82, 2.24) is 14.8 Å². The number of carbonyl (C=O) groups excluding carboxylic acids is 1. The zero-order valence-electron chi connectivity index (χ0n) is 11.9. The van der Waals surface area contributed by atoms with Gasteiger partial charge in [-0.05, 0) is 37.0 Å². The lowest BCUT2D eigenvalue weighted by Crippen LogP contribution is -2.44. The monoisotopic (exact) mass is 261 g/mol. The molecule has 0 aromatic carbocycles. The molecule has 1 aromatic heterocycles. The van der Waals surface area contributed by atoms with E-state index in [0.29, 0.717) is 6.04 Å². The summed E-state index contributed by atoms with van der Waals surface area (Å²) in [6.07, 6.45) is 9.28. The van der Waals surface area contributed by atoms with Crippen molar-refractivity contribution in [2.45, 2.75) is 38.1 Å². The molecule has 1 fully saturated rings. The second kappa shape index (κ2) is 6.55. The third-order valence-corrected chi connectivity index (χ3v) is 3.99. The predicted octanol–water partition coefficient (Wildman–Crippen LogP) is 2.55. The van der Waals surface area contributed by atoms with Crippen molar-refractivity contribution in [1.29, 1.82) is 0 Å². The lowest BCUT2D eigenvalue weighted by Gasteiger charge is -2.29. The van der Waals surface area contributed by atoms with Gasteiger partial charge in [0.25, 0.3) is 0 Å². The average Bonchev–Trinajstić information content (AvgIpc) is 2.98. The predicted molar refractivity (Wildman–Crippen MR) is 76.0 cm³/mol. The Morgan fingerprint density at radius 3 is 2.53 bits per heavy atom. The zero-order chi connectivity index (χ0) is 13.7. The summed E-state index contributed by atoms with van der Waals surface area (Å²) in [6, 6.07) is 4.58. The molecule has 0 atom stereocenters. The Hall–Kier alpha value is -1.58. The van der Waals surface area contributed by atoms with Gasteiger partial charge in [0.2, 0.25) is 0 Å². The maximum atomic E-state index is 12.3. The van der Waals surface area contributed by atoms with Crippen LogP contribution in [-0.4, -0.2) is 47.5 Å². The minimum absolute atomic E-state index is 0.140. The van der Waals surface area contributed by atoms with Gasteiger partial charge < -0.3 is 9.80 Å². The van der Waals surface area contributed by atoms with Crippen LogP contribution in [0, 0.1) is 0 Å². The standard InChI is InChI=1S/C15H23N3O/c1-17(12-9-13-7-10-16-11-8-13)15(19)18(2)14-5-3-4-6-14/h7-8,10-11,14H,3-6,9,12H2,1-2H3. The zero-order valence-corrected chi connectivity index (χ0v) is 11.9. The summed E-state index contributed by atoms with van der Waals surface area (Å²) in [7, 11) is 3.82. The Kier molecular flexibility index (Phi) is 4.77. The molecule has 0 spiro atoms. The summed E-state index contributed by atoms with van der Waals surface area (Å²) >= 11 is 0. The van der Waals surface area contributed by atoms with E-state index >= 15 is 0 Å². The highest BCUT2D eigenvalue weighted by Crippen LogP contribution is 2.23. The number of nitrogens with zero attached hydrogens (tertiary/aromatic N) is 3. The average molecular weight is 261 g/mol. The normalized spacial score (nSPS) is 15.5. The molecule has 2 amide bonds. The van der Waals surface area contributed by atoms with Crippen molar-refractivity contribution >= 4 is 6.03 Å². The van der Waals surface area contributed by atoms with Crippen molar-refractivity contribution < 1.29 is 4.79 Å². The second-order valence-electron chi connectivity index (χ2n) is 5.36. The maximum Gasteiger partial charge on any atom is 0.319 e. The van der Waals surface area contributed by atoms with Gasteiger partial charge in [-0.25, -0.2) is 4.79 Å². The second-order valence-corrected chi connectivity index (χ2v) is 5.36. The first-order valence-electron chi connectivity index (χ1n) is 7.05. The van der Waals surface area contributed by atoms with Gasteiger partial charge in [-0.1, -0.05) is 12.8 Å². The lowest BCUT2D eigenvalue weighted by atomic mass is 10.2. The summed E-state index contributed by atoms with van der Waals surface area (Å²) in [5, 5.41) is 0. The first-order chi connectivity index (χ1) is 9.18. The Morgan fingerprint density at radius 2 is 1.89 bits per heavy atom. The highest BCUT2D eigenvalue weighted by atomic mass is 16.2. The van der Waals surface area contributed by atoms with Gasteiger partial charge >= 0.3 is 6.03 Å². The molecule has 1 aliphatic rings. The molecule has 19 heavy (non-hydrogen) atoms. The van der Waals surface area contributed by atoms with E-state index in [2.05, 4.69) is 4.98 Å². The van der Waals surface area contributed by atoms with E-state index in [1.54, 1.807) is 12.4 Å². The molecule has 104 valence electrons. The van der Waals surface area contributed by atoms with Crippen LogP contribution in [0.5, 0.6) is 0 Å². The molecular formula is C15H23N3O. The molecule has 1 saturated carbocycles. The van der Waals surface area contributed by atoms with Crippen LogP contribution in [0.25, 0.3) is 0 Å². The largest absolute Gasteiger partial charge is 0.327 e. The number of carbonyl (C=O) groups is 1. The molecule has 1 aromatic rings. The molecule has 2 rings (SSSR count). The van der Waals surface area contributed by atoms with Gasteiger partial charge in [-0.2, -0.15) is 0 Å². The first-order valence-corrected chi connectivity index (χ1v) is 7.05. The fourth-order valence-corrected chi connectivity index (χ4v) is 2.66. The van der Waals surface area contributed by atoms with E-state index in [9.17, 15) is 4.79 Å². The van der Waals surface area contributed by atoms with E-state index in [1.165, 1.54) is 18.4 Å². The number of pyridine rings is 1. The van der Waals surface area contributed by atoms with E-state index in [1.807, 2.05) is 36.0 Å². The van der Waals surface area contributed by atoms with Crippen molar-refractivity contribution in [3.05, 3.63) is 30.1 Å². The SMILES string of the molecule is CN(CCc1ccncc1)C(=O)N(C)C1CCCC1. The van der Waals surface area contributed by atoms with E-state index < -0.39 is 0 Å². The smallest absolute Gasteiger partial charge is 0.319 e. The first kappa shape index (κ1) is 13.8. The van der Waals surface area contributed by atoms with Crippen LogP contribution in [0.15, 0.2) is 24.5 Å². The van der Waals surface area contributed by atoms with Gasteiger partial charge in [-0.3, -0.25) is 4.98 Å². The maximum absolute atomic E-state index is 12.3. The van der Waals surface area contributed by atoms with Gasteiger partial charge in [-0.15, -0.1) is 0 Å². The highest BCUT2D eigenvalue weighted by Gasteiger charge is 2.25. The van der Waals surface area contributed by atoms with Crippen LogP contribution in [-0.2, 0) is 6.42 Å². The molecule has 0 N–H and O–H groups in total. The molecule has 0 unspecified atom stereocenters. The molecule has 0 aliphatic heterocycles. The minimum atomic E-state index is 0.140. The molecule has 4 nitrogen and oxygen atoms in total. The van der Waals surface area contributed by atoms with Gasteiger partial charge in [0.05, 0.1) is 0 Å². The van der Waals surface area contributed by atoms with Crippen LogP contribution in [0.1, 0.15) is 31.2 Å². The van der Waals surface area contributed by atoms with Crippen molar-refractivity contribution in [3.8, 4) is 0 Å². The Labute approximate surface area is 115 Å². The summed E-state index contributed by atoms with van der Waals surface area (Å²) in [6.45, 7) is 0.750. The van der Waals surface area contributed by atoms with E-state index in [-0.39, 0.29) is 6.03 Å². The Bertz CT molecular complexity index is 401. The van der Waals surface area contributed by atoms with Crippen LogP contribution < -0.4 is 0 Å². The molecule has 4 heteroatoms. The number of hydrogen-bond donors (Lipinski definition) is 0. The van der Waals surface area contributed by atoms with Crippen LogP contribution in [0.3, 0.4) is 0 Å². The number of amides is 2. The summed E-state index contributed by atoms with van der Waals surface area (Å²) in [4.78, 5) is 20.0. The van der Waals surface area contributed by atoms with Crippen LogP contribution in [0.4, 0.5) is 4.79 Å². The molecule has 0 saturated heterocycles. The summed E-state index contributed by atoms with van der Waals surface area (Å²) in [5.41, 5.74) is 1.22. The third kappa shape index (κ3) is 3.69. The summed E-state index contributed by atoms with van der Waals surface area (Å²) < 4.78 is 0. The van der Waals surface area contributed by atoms with Crippen molar-refractivity contribution in [2.75, 3.05) is 20.6 Å². The third-order valence-electron chi connectivity index (χ3n) is 3.99. The van der Waals surface area contributed by atoms with Crippen molar-refractivity contribution in [3.63, 3.8) is 0 Å². The summed E-state index contributed by atoms with van der Waals surface area (Å²) in [5.74, 6) is 0. The molecule has 0 radical (unpaired) electrons. The van der Waals surface area contributed by atoms with Gasteiger partial charge in [0.15, 0.2) is 0 Å². The molecule has 1 aliphatic carbocycles. The quantitative estimate of drug-likeness (QED) is 0.835. The Balaban J connectivity index is 1.81. The Morgan fingerprint density at radius 1 is 1.26 bits per heavy atom.